The lowest BCUT2D eigenvalue weighted by atomic mass is 10.1. The summed E-state index contributed by atoms with van der Waals surface area (Å²) in [6.07, 6.45) is 3.76. The first-order valence-corrected chi connectivity index (χ1v) is 7.12. The van der Waals surface area contributed by atoms with Crippen molar-refractivity contribution >= 4 is 28.4 Å². The van der Waals surface area contributed by atoms with Crippen LogP contribution in [0, 0.1) is 3.57 Å². The number of aromatic nitrogens is 2. The Kier molecular flexibility index (Phi) is 4.57. The maximum Gasteiger partial charge on any atom is 0.159 e. The van der Waals surface area contributed by atoms with E-state index in [9.17, 15) is 4.79 Å². The van der Waals surface area contributed by atoms with Crippen LogP contribution in [-0.4, -0.2) is 22.2 Å². The van der Waals surface area contributed by atoms with E-state index in [1.807, 2.05) is 29.9 Å². The Bertz CT molecular complexity index is 593. The predicted molar refractivity (Wildman–Crippen MR) is 81.7 cm³/mol. The number of nitrogens with zero attached hydrogens (tertiary/aromatic N) is 2. The third-order valence-corrected chi connectivity index (χ3v) is 3.26. The number of Topliss-reactive ketones (excluding diaryl/α,β-unsaturated/α-hetero) is 1. The fraction of sp³-hybridized carbons (Fsp3) is 0.286. The van der Waals surface area contributed by atoms with Gasteiger partial charge in [0.2, 0.25) is 0 Å². The normalized spacial score (nSPS) is 10.5. The highest BCUT2D eigenvalue weighted by Gasteiger charge is 2.09. The van der Waals surface area contributed by atoms with Gasteiger partial charge >= 0.3 is 0 Å². The molecule has 0 bridgehead atoms. The molecule has 100 valence electrons. The second-order valence-electron chi connectivity index (χ2n) is 4.17. The average Bonchev–Trinajstić information content (AvgIpc) is 2.77. The molecule has 0 unspecified atom stereocenters. The molecule has 0 fully saturated rings. The monoisotopic (exact) mass is 370 g/mol. The first-order valence-electron chi connectivity index (χ1n) is 6.04. The molecular weight excluding hydrogens is 355 g/mol. The van der Waals surface area contributed by atoms with Crippen molar-refractivity contribution in [2.75, 3.05) is 6.61 Å². The number of carbonyl (C=O) groups excluding carboxylic acids is 1. The van der Waals surface area contributed by atoms with Crippen LogP contribution in [0.15, 0.2) is 30.6 Å². The number of ketones is 1. The second-order valence-corrected chi connectivity index (χ2v) is 5.41. The SMILES string of the molecule is CCOc1ccc(C(C)=O)cc1Cn1cc(I)cn1. The molecular formula is C14H15IN2O2. The minimum atomic E-state index is 0.0549. The Balaban J connectivity index is 2.34. The molecule has 2 aromatic rings. The molecule has 2 rings (SSSR count). The van der Waals surface area contributed by atoms with Gasteiger partial charge in [0, 0.05) is 17.3 Å². The lowest BCUT2D eigenvalue weighted by molar-refractivity contribution is 0.101. The van der Waals surface area contributed by atoms with Crippen LogP contribution < -0.4 is 4.74 Å². The smallest absolute Gasteiger partial charge is 0.159 e. The average molecular weight is 370 g/mol. The van der Waals surface area contributed by atoms with Gasteiger partial charge in [-0.25, -0.2) is 0 Å². The highest BCUT2D eigenvalue weighted by Crippen LogP contribution is 2.22. The maximum absolute atomic E-state index is 11.5. The van der Waals surface area contributed by atoms with E-state index in [2.05, 4.69) is 27.7 Å². The molecule has 0 aliphatic rings. The summed E-state index contributed by atoms with van der Waals surface area (Å²) in [6.45, 7) is 4.71. The van der Waals surface area contributed by atoms with Gasteiger partial charge in [-0.1, -0.05) is 0 Å². The van der Waals surface area contributed by atoms with E-state index >= 15 is 0 Å². The second kappa shape index (κ2) is 6.18. The first kappa shape index (κ1) is 14.0. The molecule has 4 nitrogen and oxygen atoms in total. The topological polar surface area (TPSA) is 44.1 Å². The van der Waals surface area contributed by atoms with E-state index in [0.29, 0.717) is 18.7 Å². The van der Waals surface area contributed by atoms with E-state index < -0.39 is 0 Å². The molecule has 0 spiro atoms. The van der Waals surface area contributed by atoms with Crippen molar-refractivity contribution in [1.82, 2.24) is 9.78 Å². The number of carbonyl (C=O) groups is 1. The van der Waals surface area contributed by atoms with Crippen molar-refractivity contribution in [3.8, 4) is 5.75 Å². The van der Waals surface area contributed by atoms with Crippen LogP contribution in [0.3, 0.4) is 0 Å². The summed E-state index contributed by atoms with van der Waals surface area (Å²) in [4.78, 5) is 11.5. The summed E-state index contributed by atoms with van der Waals surface area (Å²) in [5.41, 5.74) is 1.66. The highest BCUT2D eigenvalue weighted by molar-refractivity contribution is 14.1. The van der Waals surface area contributed by atoms with Gasteiger partial charge in [-0.05, 0) is 54.6 Å². The van der Waals surface area contributed by atoms with Crippen LogP contribution in [0.25, 0.3) is 0 Å². The molecule has 0 N–H and O–H groups in total. The van der Waals surface area contributed by atoms with Crippen LogP contribution in [0.5, 0.6) is 5.75 Å². The maximum atomic E-state index is 11.5. The van der Waals surface area contributed by atoms with E-state index in [-0.39, 0.29) is 5.78 Å². The Hall–Kier alpha value is -1.37. The largest absolute Gasteiger partial charge is 0.494 e. The van der Waals surface area contributed by atoms with E-state index in [1.54, 1.807) is 19.2 Å². The number of rotatable bonds is 5. The molecule has 0 aliphatic carbocycles. The summed E-state index contributed by atoms with van der Waals surface area (Å²) in [7, 11) is 0. The lowest BCUT2D eigenvalue weighted by Crippen LogP contribution is -2.05. The molecule has 1 aromatic carbocycles. The fourth-order valence-electron chi connectivity index (χ4n) is 1.82. The van der Waals surface area contributed by atoms with Crippen molar-refractivity contribution in [2.45, 2.75) is 20.4 Å². The quantitative estimate of drug-likeness (QED) is 0.600. The molecule has 0 saturated heterocycles. The summed E-state index contributed by atoms with van der Waals surface area (Å²) in [6, 6.07) is 5.52. The van der Waals surface area contributed by atoms with Crippen LogP contribution in [-0.2, 0) is 6.54 Å². The summed E-state index contributed by atoms with van der Waals surface area (Å²) in [5, 5.41) is 4.26. The van der Waals surface area contributed by atoms with Gasteiger partial charge < -0.3 is 4.74 Å². The van der Waals surface area contributed by atoms with Crippen molar-refractivity contribution < 1.29 is 9.53 Å². The summed E-state index contributed by atoms with van der Waals surface area (Å²) < 4.78 is 8.52. The third kappa shape index (κ3) is 3.56. The van der Waals surface area contributed by atoms with Gasteiger partial charge in [0.15, 0.2) is 5.78 Å². The molecule has 0 atom stereocenters. The first-order chi connectivity index (χ1) is 9.10. The van der Waals surface area contributed by atoms with Crippen LogP contribution in [0.4, 0.5) is 0 Å². The minimum Gasteiger partial charge on any atom is -0.494 e. The van der Waals surface area contributed by atoms with E-state index in [0.717, 1.165) is 14.9 Å². The molecule has 5 heteroatoms. The fourth-order valence-corrected chi connectivity index (χ4v) is 2.26. The molecule has 1 aromatic heterocycles. The van der Waals surface area contributed by atoms with Crippen molar-refractivity contribution in [2.24, 2.45) is 0 Å². The number of hydrogen-bond acceptors (Lipinski definition) is 3. The van der Waals surface area contributed by atoms with Crippen LogP contribution in [0.1, 0.15) is 29.8 Å². The van der Waals surface area contributed by atoms with Crippen molar-refractivity contribution in [3.63, 3.8) is 0 Å². The molecule has 0 aliphatic heterocycles. The summed E-state index contributed by atoms with van der Waals surface area (Å²) in [5.74, 6) is 0.859. The Morgan fingerprint density at radius 2 is 2.26 bits per heavy atom. The molecule has 1 heterocycles. The van der Waals surface area contributed by atoms with Crippen LogP contribution in [0.2, 0.25) is 0 Å². The molecule has 0 amide bonds. The van der Waals surface area contributed by atoms with Crippen molar-refractivity contribution in [3.05, 3.63) is 45.3 Å². The van der Waals surface area contributed by atoms with Gasteiger partial charge in [-0.2, -0.15) is 5.10 Å². The third-order valence-electron chi connectivity index (χ3n) is 2.70. The standard InChI is InChI=1S/C14H15IN2O2/c1-3-19-14-5-4-11(10(2)18)6-12(14)8-17-9-13(15)7-16-17/h4-7,9H,3,8H2,1-2H3. The zero-order valence-electron chi connectivity index (χ0n) is 10.9. The van der Waals surface area contributed by atoms with Crippen LogP contribution >= 0.6 is 22.6 Å². The Labute approximate surface area is 125 Å². The number of hydrogen-bond donors (Lipinski definition) is 0. The van der Waals surface area contributed by atoms with E-state index in [4.69, 9.17) is 4.74 Å². The predicted octanol–water partition coefficient (Wildman–Crippen LogP) is 3.14. The Morgan fingerprint density at radius 3 is 2.84 bits per heavy atom. The Morgan fingerprint density at radius 1 is 1.47 bits per heavy atom. The minimum absolute atomic E-state index is 0.0549. The highest BCUT2D eigenvalue weighted by atomic mass is 127. The number of ether oxygens (including phenoxy) is 1. The van der Waals surface area contributed by atoms with Gasteiger partial charge in [0.1, 0.15) is 5.75 Å². The van der Waals surface area contributed by atoms with Gasteiger partial charge in [-0.3, -0.25) is 9.48 Å². The number of benzene rings is 1. The molecule has 19 heavy (non-hydrogen) atoms. The van der Waals surface area contributed by atoms with Gasteiger partial charge in [0.25, 0.3) is 0 Å². The summed E-state index contributed by atoms with van der Waals surface area (Å²) >= 11 is 2.22. The van der Waals surface area contributed by atoms with Gasteiger partial charge in [0.05, 0.1) is 22.9 Å². The van der Waals surface area contributed by atoms with E-state index in [1.165, 1.54) is 0 Å². The van der Waals surface area contributed by atoms with Crippen molar-refractivity contribution in [1.29, 1.82) is 0 Å². The number of halogens is 1. The molecule has 0 radical (unpaired) electrons. The zero-order valence-corrected chi connectivity index (χ0v) is 13.0. The lowest BCUT2D eigenvalue weighted by Gasteiger charge is -2.11. The molecule has 0 saturated carbocycles. The zero-order chi connectivity index (χ0) is 13.8. The van der Waals surface area contributed by atoms with Gasteiger partial charge in [-0.15, -0.1) is 0 Å².